The first-order valence-corrected chi connectivity index (χ1v) is 4.85. The van der Waals surface area contributed by atoms with Gasteiger partial charge in [0.1, 0.15) is 0 Å². The Kier molecular flexibility index (Phi) is 2.79. The van der Waals surface area contributed by atoms with Crippen molar-refractivity contribution in [2.24, 2.45) is 0 Å². The van der Waals surface area contributed by atoms with Gasteiger partial charge in [-0.1, -0.05) is 23.7 Å². The van der Waals surface area contributed by atoms with Crippen molar-refractivity contribution in [1.82, 2.24) is 4.98 Å². The molecule has 1 heterocycles. The Balaban J connectivity index is 2.53. The quantitative estimate of drug-likeness (QED) is 0.723. The fourth-order valence-electron chi connectivity index (χ4n) is 1.36. The van der Waals surface area contributed by atoms with Crippen LogP contribution in [0, 0.1) is 0 Å². The number of carbonyl (C=O) groups excluding carboxylic acids is 1. The molecule has 15 heavy (non-hydrogen) atoms. The molecular weight excluding hydrogens is 210 g/mol. The summed E-state index contributed by atoms with van der Waals surface area (Å²) in [5, 5.41) is 0.669. The van der Waals surface area contributed by atoms with Crippen LogP contribution in [0.2, 0.25) is 5.02 Å². The molecule has 0 bridgehead atoms. The third-order valence-electron chi connectivity index (χ3n) is 2.08. The molecule has 0 aliphatic heterocycles. The van der Waals surface area contributed by atoms with Gasteiger partial charge in [0, 0.05) is 22.3 Å². The van der Waals surface area contributed by atoms with Gasteiger partial charge in [0.15, 0.2) is 6.29 Å². The fourth-order valence-corrected chi connectivity index (χ4v) is 1.49. The maximum absolute atomic E-state index is 10.8. The monoisotopic (exact) mass is 217 g/mol. The van der Waals surface area contributed by atoms with Gasteiger partial charge in [-0.2, -0.15) is 0 Å². The van der Waals surface area contributed by atoms with Crippen LogP contribution in [0.1, 0.15) is 10.4 Å². The molecule has 74 valence electrons. The van der Waals surface area contributed by atoms with Crippen molar-refractivity contribution in [1.29, 1.82) is 0 Å². The Hall–Kier alpha value is -1.67. The molecule has 0 atom stereocenters. The molecule has 2 aromatic rings. The van der Waals surface area contributed by atoms with Gasteiger partial charge < -0.3 is 0 Å². The van der Waals surface area contributed by atoms with Gasteiger partial charge in [-0.3, -0.25) is 9.78 Å². The molecule has 0 N–H and O–H groups in total. The van der Waals surface area contributed by atoms with Crippen molar-refractivity contribution in [3.8, 4) is 11.3 Å². The highest BCUT2D eigenvalue weighted by atomic mass is 35.5. The Morgan fingerprint density at radius 3 is 2.53 bits per heavy atom. The van der Waals surface area contributed by atoms with E-state index in [0.717, 1.165) is 11.8 Å². The van der Waals surface area contributed by atoms with Crippen LogP contribution in [-0.4, -0.2) is 11.3 Å². The minimum absolute atomic E-state index is 0.583. The minimum atomic E-state index is 0.583. The van der Waals surface area contributed by atoms with E-state index in [1.54, 1.807) is 30.5 Å². The van der Waals surface area contributed by atoms with Gasteiger partial charge >= 0.3 is 0 Å². The minimum Gasteiger partial charge on any atom is -0.298 e. The van der Waals surface area contributed by atoms with E-state index in [2.05, 4.69) is 4.98 Å². The predicted molar refractivity (Wildman–Crippen MR) is 60.1 cm³/mol. The van der Waals surface area contributed by atoms with Crippen LogP contribution in [0.25, 0.3) is 11.3 Å². The lowest BCUT2D eigenvalue weighted by Crippen LogP contribution is -1.90. The summed E-state index contributed by atoms with van der Waals surface area (Å²) < 4.78 is 0. The molecule has 0 amide bonds. The Morgan fingerprint density at radius 2 is 1.87 bits per heavy atom. The zero-order chi connectivity index (χ0) is 10.7. The van der Waals surface area contributed by atoms with E-state index in [1.165, 1.54) is 0 Å². The second kappa shape index (κ2) is 4.24. The standard InChI is InChI=1S/C12H8ClNO/c13-11-5-3-9(4-6-11)12-10(8-15)2-1-7-14-12/h1-8H. The van der Waals surface area contributed by atoms with Crippen LogP contribution < -0.4 is 0 Å². The Labute approximate surface area is 92.5 Å². The second-order valence-corrected chi connectivity index (χ2v) is 3.50. The number of halogens is 1. The van der Waals surface area contributed by atoms with Crippen molar-refractivity contribution in [3.05, 3.63) is 53.2 Å². The fraction of sp³-hybridized carbons (Fsp3) is 0. The van der Waals surface area contributed by atoms with Gasteiger partial charge in [-0.25, -0.2) is 0 Å². The van der Waals surface area contributed by atoms with Crippen molar-refractivity contribution >= 4 is 17.9 Å². The molecule has 0 aliphatic carbocycles. The smallest absolute Gasteiger partial charge is 0.152 e. The third kappa shape index (κ3) is 2.05. The van der Waals surface area contributed by atoms with Crippen LogP contribution in [0.3, 0.4) is 0 Å². The lowest BCUT2D eigenvalue weighted by molar-refractivity contribution is 0.112. The zero-order valence-corrected chi connectivity index (χ0v) is 8.61. The summed E-state index contributed by atoms with van der Waals surface area (Å²) in [6.07, 6.45) is 2.47. The van der Waals surface area contributed by atoms with Gasteiger partial charge in [-0.15, -0.1) is 0 Å². The molecule has 2 nitrogen and oxygen atoms in total. The molecule has 0 unspecified atom stereocenters. The molecule has 0 spiro atoms. The molecule has 0 fully saturated rings. The highest BCUT2D eigenvalue weighted by Gasteiger charge is 2.04. The van der Waals surface area contributed by atoms with E-state index in [1.807, 2.05) is 12.1 Å². The van der Waals surface area contributed by atoms with Crippen LogP contribution in [0.15, 0.2) is 42.6 Å². The number of aromatic nitrogens is 1. The third-order valence-corrected chi connectivity index (χ3v) is 2.34. The normalized spacial score (nSPS) is 9.93. The van der Waals surface area contributed by atoms with Crippen molar-refractivity contribution in [2.75, 3.05) is 0 Å². The van der Waals surface area contributed by atoms with Crippen molar-refractivity contribution in [2.45, 2.75) is 0 Å². The lowest BCUT2D eigenvalue weighted by atomic mass is 10.1. The molecule has 1 aromatic heterocycles. The highest BCUT2D eigenvalue weighted by Crippen LogP contribution is 2.21. The number of nitrogens with zero attached hydrogens (tertiary/aromatic N) is 1. The average molecular weight is 218 g/mol. The summed E-state index contributed by atoms with van der Waals surface area (Å²) in [6.45, 7) is 0. The van der Waals surface area contributed by atoms with Gasteiger partial charge in [0.05, 0.1) is 5.69 Å². The molecule has 1 aromatic carbocycles. The largest absolute Gasteiger partial charge is 0.298 e. The first kappa shape index (κ1) is 9.87. The van der Waals surface area contributed by atoms with Crippen LogP contribution in [-0.2, 0) is 0 Å². The summed E-state index contributed by atoms with van der Waals surface area (Å²) in [5.74, 6) is 0. The topological polar surface area (TPSA) is 30.0 Å². The number of hydrogen-bond acceptors (Lipinski definition) is 2. The van der Waals surface area contributed by atoms with E-state index < -0.39 is 0 Å². The number of pyridine rings is 1. The van der Waals surface area contributed by atoms with Crippen LogP contribution >= 0.6 is 11.6 Å². The number of carbonyl (C=O) groups is 1. The number of benzene rings is 1. The molecule has 3 heteroatoms. The van der Waals surface area contributed by atoms with Gasteiger partial charge in [0.25, 0.3) is 0 Å². The summed E-state index contributed by atoms with van der Waals surface area (Å²) in [6, 6.07) is 10.7. The van der Waals surface area contributed by atoms with E-state index in [-0.39, 0.29) is 0 Å². The number of hydrogen-bond donors (Lipinski definition) is 0. The van der Waals surface area contributed by atoms with E-state index in [4.69, 9.17) is 11.6 Å². The molecule has 0 aliphatic rings. The molecule has 2 rings (SSSR count). The Bertz CT molecular complexity index is 479. The summed E-state index contributed by atoms with van der Waals surface area (Å²) >= 11 is 5.78. The van der Waals surface area contributed by atoms with E-state index in [9.17, 15) is 4.79 Å². The average Bonchev–Trinajstić information content (AvgIpc) is 2.30. The van der Waals surface area contributed by atoms with Crippen LogP contribution in [0.5, 0.6) is 0 Å². The summed E-state index contributed by atoms with van der Waals surface area (Å²) in [4.78, 5) is 15.0. The van der Waals surface area contributed by atoms with Crippen molar-refractivity contribution < 1.29 is 4.79 Å². The SMILES string of the molecule is O=Cc1cccnc1-c1ccc(Cl)cc1. The van der Waals surface area contributed by atoms with E-state index in [0.29, 0.717) is 16.3 Å². The first-order chi connectivity index (χ1) is 7.31. The van der Waals surface area contributed by atoms with Gasteiger partial charge in [-0.05, 0) is 24.3 Å². The number of rotatable bonds is 2. The van der Waals surface area contributed by atoms with Crippen LogP contribution in [0.4, 0.5) is 0 Å². The highest BCUT2D eigenvalue weighted by molar-refractivity contribution is 6.30. The zero-order valence-electron chi connectivity index (χ0n) is 7.85. The second-order valence-electron chi connectivity index (χ2n) is 3.07. The molecule has 0 radical (unpaired) electrons. The summed E-state index contributed by atoms with van der Waals surface area (Å²) in [5.41, 5.74) is 2.16. The first-order valence-electron chi connectivity index (χ1n) is 4.47. The predicted octanol–water partition coefficient (Wildman–Crippen LogP) is 3.21. The molecule has 0 saturated carbocycles. The Morgan fingerprint density at radius 1 is 1.13 bits per heavy atom. The maximum atomic E-state index is 10.8. The van der Waals surface area contributed by atoms with Gasteiger partial charge in [0.2, 0.25) is 0 Å². The van der Waals surface area contributed by atoms with Crippen molar-refractivity contribution in [3.63, 3.8) is 0 Å². The maximum Gasteiger partial charge on any atom is 0.152 e. The van der Waals surface area contributed by atoms with E-state index >= 15 is 0 Å². The number of aldehydes is 1. The lowest BCUT2D eigenvalue weighted by Gasteiger charge is -2.02. The molecule has 0 saturated heterocycles. The summed E-state index contributed by atoms with van der Waals surface area (Å²) in [7, 11) is 0. The molecular formula is C12H8ClNO.